The van der Waals surface area contributed by atoms with Gasteiger partial charge >= 0.3 is 5.97 Å². The molecule has 4 heteroatoms. The highest BCUT2D eigenvalue weighted by molar-refractivity contribution is 6.33. The molecule has 4 nitrogen and oxygen atoms in total. The summed E-state index contributed by atoms with van der Waals surface area (Å²) in [6.07, 6.45) is 0.600. The van der Waals surface area contributed by atoms with Gasteiger partial charge in [-0.3, -0.25) is 0 Å². The first-order valence-corrected chi connectivity index (χ1v) is 9.74. The SMILES string of the molecule is CCCOC(=O)C(O)(O)c1ccc2cccc3c4cccc5cccc(c1c23)c54. The molecule has 0 amide bonds. The molecule has 0 unspecified atom stereocenters. The van der Waals surface area contributed by atoms with E-state index in [-0.39, 0.29) is 12.2 Å². The van der Waals surface area contributed by atoms with E-state index in [1.807, 2.05) is 61.5 Å². The molecule has 0 saturated heterocycles. The van der Waals surface area contributed by atoms with Crippen LogP contribution in [0, 0.1) is 0 Å². The van der Waals surface area contributed by atoms with Crippen molar-refractivity contribution in [1.29, 1.82) is 0 Å². The van der Waals surface area contributed by atoms with Crippen molar-refractivity contribution in [3.8, 4) is 0 Å². The topological polar surface area (TPSA) is 66.8 Å². The standard InChI is InChI=1S/C25H20O4/c1-2-14-29-24(26)25(27,28)20-13-12-16-8-4-10-18-17-9-3-6-15-7-5-11-19(21(15)17)23(20)22(16)18/h3-13,27-28H,2,14H2,1H3. The van der Waals surface area contributed by atoms with Gasteiger partial charge in [-0.25, -0.2) is 4.79 Å². The Bertz CT molecular complexity index is 1380. The summed E-state index contributed by atoms with van der Waals surface area (Å²) < 4.78 is 5.07. The van der Waals surface area contributed by atoms with E-state index in [0.717, 1.165) is 37.7 Å². The molecular weight excluding hydrogens is 364 g/mol. The second-order valence-electron chi connectivity index (χ2n) is 7.41. The van der Waals surface area contributed by atoms with Gasteiger partial charge in [0.05, 0.1) is 6.61 Å². The minimum atomic E-state index is -2.74. The Hall–Kier alpha value is -3.21. The molecular formula is C25H20O4. The van der Waals surface area contributed by atoms with Crippen molar-refractivity contribution in [2.75, 3.05) is 6.61 Å². The van der Waals surface area contributed by atoms with Crippen molar-refractivity contribution in [2.45, 2.75) is 19.1 Å². The van der Waals surface area contributed by atoms with E-state index < -0.39 is 11.8 Å². The maximum absolute atomic E-state index is 12.5. The predicted octanol–water partition coefficient (Wildman–Crippen LogP) is 4.83. The average molecular weight is 384 g/mol. The first-order valence-electron chi connectivity index (χ1n) is 9.74. The van der Waals surface area contributed by atoms with Crippen LogP contribution in [-0.4, -0.2) is 22.8 Å². The monoisotopic (exact) mass is 384 g/mol. The molecule has 0 aliphatic heterocycles. The molecule has 0 aliphatic carbocycles. The number of fused-ring (bicyclic) bond motifs is 2. The highest BCUT2D eigenvalue weighted by Gasteiger charge is 2.39. The fraction of sp³-hybridized carbons (Fsp3) is 0.160. The second-order valence-corrected chi connectivity index (χ2v) is 7.41. The van der Waals surface area contributed by atoms with E-state index in [9.17, 15) is 15.0 Å². The number of esters is 1. The van der Waals surface area contributed by atoms with Crippen LogP contribution in [0.3, 0.4) is 0 Å². The van der Waals surface area contributed by atoms with Gasteiger partial charge in [0.1, 0.15) is 0 Å². The summed E-state index contributed by atoms with van der Waals surface area (Å²) in [5.74, 6) is -3.79. The summed E-state index contributed by atoms with van der Waals surface area (Å²) in [6, 6.07) is 21.6. The lowest BCUT2D eigenvalue weighted by molar-refractivity contribution is -0.213. The molecule has 0 aromatic heterocycles. The van der Waals surface area contributed by atoms with E-state index >= 15 is 0 Å². The normalized spacial score (nSPS) is 12.4. The van der Waals surface area contributed by atoms with E-state index in [1.54, 1.807) is 6.07 Å². The number of carbonyl (C=O) groups is 1. The summed E-state index contributed by atoms with van der Waals surface area (Å²) in [4.78, 5) is 12.5. The zero-order chi connectivity index (χ0) is 20.2. The number of carbonyl (C=O) groups excluding carboxylic acids is 1. The van der Waals surface area contributed by atoms with Crippen LogP contribution in [-0.2, 0) is 15.3 Å². The van der Waals surface area contributed by atoms with Crippen molar-refractivity contribution in [2.24, 2.45) is 0 Å². The molecule has 0 saturated carbocycles. The fourth-order valence-electron chi connectivity index (χ4n) is 4.35. The molecule has 5 aromatic rings. The zero-order valence-electron chi connectivity index (χ0n) is 16.0. The van der Waals surface area contributed by atoms with E-state index in [2.05, 4.69) is 6.07 Å². The van der Waals surface area contributed by atoms with Crippen molar-refractivity contribution in [3.63, 3.8) is 0 Å². The average Bonchev–Trinajstić information content (AvgIpc) is 2.75. The molecule has 5 rings (SSSR count). The number of ether oxygens (including phenoxy) is 1. The third-order valence-corrected chi connectivity index (χ3v) is 5.61. The lowest BCUT2D eigenvalue weighted by Crippen LogP contribution is -2.37. The van der Waals surface area contributed by atoms with E-state index in [4.69, 9.17) is 4.74 Å². The van der Waals surface area contributed by atoms with Gasteiger partial charge in [-0.1, -0.05) is 73.7 Å². The summed E-state index contributed by atoms with van der Waals surface area (Å²) in [7, 11) is 0. The first kappa shape index (κ1) is 17.9. The first-order chi connectivity index (χ1) is 14.0. The minimum Gasteiger partial charge on any atom is -0.461 e. The molecule has 5 aromatic carbocycles. The fourth-order valence-corrected chi connectivity index (χ4v) is 4.35. The van der Waals surface area contributed by atoms with Crippen LogP contribution in [0.25, 0.3) is 43.1 Å². The van der Waals surface area contributed by atoms with Gasteiger partial charge in [-0.05, 0) is 49.5 Å². The number of benzene rings is 5. The Morgan fingerprint density at radius 1 is 0.793 bits per heavy atom. The van der Waals surface area contributed by atoms with Gasteiger partial charge in [0.15, 0.2) is 0 Å². The maximum atomic E-state index is 12.5. The van der Waals surface area contributed by atoms with E-state index in [0.29, 0.717) is 11.8 Å². The van der Waals surface area contributed by atoms with Crippen LogP contribution < -0.4 is 0 Å². The molecule has 144 valence electrons. The van der Waals surface area contributed by atoms with Crippen molar-refractivity contribution >= 4 is 49.1 Å². The number of rotatable bonds is 4. The van der Waals surface area contributed by atoms with E-state index in [1.165, 1.54) is 0 Å². The smallest absolute Gasteiger partial charge is 0.371 e. The molecule has 0 fully saturated rings. The molecule has 0 atom stereocenters. The van der Waals surface area contributed by atoms with Crippen LogP contribution in [0.15, 0.2) is 66.7 Å². The van der Waals surface area contributed by atoms with Gasteiger partial charge in [-0.2, -0.15) is 0 Å². The summed E-state index contributed by atoms with van der Waals surface area (Å²) in [5.41, 5.74) is 0.139. The Balaban J connectivity index is 1.97. The van der Waals surface area contributed by atoms with Crippen LogP contribution in [0.1, 0.15) is 18.9 Å². The second kappa shape index (κ2) is 6.41. The lowest BCUT2D eigenvalue weighted by Gasteiger charge is -2.24. The van der Waals surface area contributed by atoms with Gasteiger partial charge in [0, 0.05) is 5.56 Å². The van der Waals surface area contributed by atoms with Crippen LogP contribution in [0.4, 0.5) is 0 Å². The maximum Gasteiger partial charge on any atom is 0.371 e. The van der Waals surface area contributed by atoms with Crippen LogP contribution >= 0.6 is 0 Å². The van der Waals surface area contributed by atoms with Crippen LogP contribution in [0.2, 0.25) is 0 Å². The highest BCUT2D eigenvalue weighted by Crippen LogP contribution is 2.43. The number of aliphatic hydroxyl groups is 2. The summed E-state index contributed by atoms with van der Waals surface area (Å²) in [6.45, 7) is 1.99. The Morgan fingerprint density at radius 2 is 1.38 bits per heavy atom. The molecule has 2 N–H and O–H groups in total. The van der Waals surface area contributed by atoms with Crippen molar-refractivity contribution in [1.82, 2.24) is 0 Å². The highest BCUT2D eigenvalue weighted by atomic mass is 16.6. The van der Waals surface area contributed by atoms with Crippen molar-refractivity contribution < 1.29 is 19.7 Å². The quantitative estimate of drug-likeness (QED) is 0.202. The molecule has 0 spiro atoms. The third kappa shape index (κ3) is 2.50. The van der Waals surface area contributed by atoms with Gasteiger partial charge in [0.2, 0.25) is 0 Å². The lowest BCUT2D eigenvalue weighted by atomic mass is 9.86. The van der Waals surface area contributed by atoms with Crippen molar-refractivity contribution in [3.05, 3.63) is 72.3 Å². The minimum absolute atomic E-state index is 0.133. The van der Waals surface area contributed by atoms with Crippen LogP contribution in [0.5, 0.6) is 0 Å². The Labute approximate surface area is 167 Å². The Morgan fingerprint density at radius 3 is 2.03 bits per heavy atom. The molecule has 0 bridgehead atoms. The predicted molar refractivity (Wildman–Crippen MR) is 115 cm³/mol. The van der Waals surface area contributed by atoms with Gasteiger partial charge in [-0.15, -0.1) is 0 Å². The largest absolute Gasteiger partial charge is 0.461 e. The summed E-state index contributed by atoms with van der Waals surface area (Å²) in [5, 5.41) is 29.4. The third-order valence-electron chi connectivity index (χ3n) is 5.61. The molecule has 0 aliphatic rings. The molecule has 29 heavy (non-hydrogen) atoms. The number of hydrogen-bond acceptors (Lipinski definition) is 4. The zero-order valence-corrected chi connectivity index (χ0v) is 16.0. The van der Waals surface area contributed by atoms with Gasteiger partial charge < -0.3 is 14.9 Å². The Kier molecular flexibility index (Phi) is 3.95. The van der Waals surface area contributed by atoms with Gasteiger partial charge in [0.25, 0.3) is 5.79 Å². The molecule has 0 radical (unpaired) electrons. The summed E-state index contributed by atoms with van der Waals surface area (Å²) >= 11 is 0. The molecule has 0 heterocycles. The number of hydrogen-bond donors (Lipinski definition) is 2.